The second kappa shape index (κ2) is 7.51. The van der Waals surface area contributed by atoms with Gasteiger partial charge in [-0.3, -0.25) is 0 Å². The van der Waals surface area contributed by atoms with E-state index in [4.69, 9.17) is 9.47 Å². The van der Waals surface area contributed by atoms with E-state index in [-0.39, 0.29) is 28.9 Å². The van der Waals surface area contributed by atoms with Crippen molar-refractivity contribution in [1.82, 2.24) is 4.31 Å². The minimum atomic E-state index is -3.85. The quantitative estimate of drug-likeness (QED) is 0.700. The Balaban J connectivity index is 2.45. The van der Waals surface area contributed by atoms with Gasteiger partial charge in [0.05, 0.1) is 30.6 Å². The van der Waals surface area contributed by atoms with Crippen molar-refractivity contribution in [2.24, 2.45) is 5.92 Å². The smallest absolute Gasteiger partial charge is 0.243 e. The first-order valence-corrected chi connectivity index (χ1v) is 11.3. The molecule has 1 fully saturated rings. The van der Waals surface area contributed by atoms with E-state index in [2.05, 4.69) is 0 Å². The number of nitrogens with zero attached hydrogens (tertiary/aromatic N) is 1. The van der Waals surface area contributed by atoms with Crippen LogP contribution in [0.3, 0.4) is 0 Å². The molecule has 0 amide bonds. The summed E-state index contributed by atoms with van der Waals surface area (Å²) < 4.78 is 61.6. The van der Waals surface area contributed by atoms with Crippen LogP contribution in [-0.2, 0) is 19.9 Å². The molecule has 25 heavy (non-hydrogen) atoms. The van der Waals surface area contributed by atoms with Gasteiger partial charge in [0.2, 0.25) is 10.0 Å². The number of sulfonamides is 1. The van der Waals surface area contributed by atoms with Gasteiger partial charge in [-0.25, -0.2) is 16.8 Å². The maximum atomic E-state index is 13.2. The number of ether oxygens (including phenoxy) is 2. The predicted octanol–water partition coefficient (Wildman–Crippen LogP) is 1.54. The van der Waals surface area contributed by atoms with Gasteiger partial charge < -0.3 is 9.47 Å². The molecule has 2 rings (SSSR count). The summed E-state index contributed by atoms with van der Waals surface area (Å²) in [7, 11) is -4.14. The first kappa shape index (κ1) is 20.0. The maximum absolute atomic E-state index is 13.2. The monoisotopic (exact) mass is 391 g/mol. The van der Waals surface area contributed by atoms with Crippen molar-refractivity contribution in [3.63, 3.8) is 0 Å². The van der Waals surface area contributed by atoms with Crippen molar-refractivity contribution in [2.45, 2.75) is 31.2 Å². The van der Waals surface area contributed by atoms with Crippen LogP contribution in [0.5, 0.6) is 11.5 Å². The standard InChI is InChI=1S/C16H25NO6S2/c1-12(2)10-17(13-7-8-24(18,19)11-13)25(20,21)14-5-6-15(22-3)16(9-14)23-4/h5-6,9,12-13H,7-8,10-11H2,1-4H3/t13-/m0/s1. The molecule has 7 nitrogen and oxygen atoms in total. The van der Waals surface area contributed by atoms with Crippen molar-refractivity contribution in [3.8, 4) is 11.5 Å². The zero-order chi connectivity index (χ0) is 18.8. The number of benzene rings is 1. The summed E-state index contributed by atoms with van der Waals surface area (Å²) >= 11 is 0. The fraction of sp³-hybridized carbons (Fsp3) is 0.625. The van der Waals surface area contributed by atoms with Crippen LogP contribution in [0.1, 0.15) is 20.3 Å². The van der Waals surface area contributed by atoms with Gasteiger partial charge in [-0.1, -0.05) is 13.8 Å². The molecule has 9 heteroatoms. The van der Waals surface area contributed by atoms with Crippen molar-refractivity contribution in [3.05, 3.63) is 18.2 Å². The number of hydrogen-bond donors (Lipinski definition) is 0. The van der Waals surface area contributed by atoms with Crippen LogP contribution in [0.15, 0.2) is 23.1 Å². The van der Waals surface area contributed by atoms with Gasteiger partial charge in [-0.2, -0.15) is 4.31 Å². The fourth-order valence-electron chi connectivity index (χ4n) is 2.92. The molecule has 1 aliphatic rings. The lowest BCUT2D eigenvalue weighted by molar-refractivity contribution is 0.307. The number of hydrogen-bond acceptors (Lipinski definition) is 6. The van der Waals surface area contributed by atoms with Gasteiger partial charge in [0, 0.05) is 18.7 Å². The lowest BCUT2D eigenvalue weighted by atomic mass is 10.2. The minimum absolute atomic E-state index is 0.0215. The van der Waals surface area contributed by atoms with Crippen LogP contribution in [0.25, 0.3) is 0 Å². The molecule has 1 saturated heterocycles. The van der Waals surface area contributed by atoms with Gasteiger partial charge in [-0.15, -0.1) is 0 Å². The molecule has 0 unspecified atom stereocenters. The average Bonchev–Trinajstić information content (AvgIpc) is 2.91. The largest absolute Gasteiger partial charge is 0.493 e. The van der Waals surface area contributed by atoms with Crippen LogP contribution in [-0.4, -0.2) is 59.5 Å². The lowest BCUT2D eigenvalue weighted by Crippen LogP contribution is -2.43. The van der Waals surface area contributed by atoms with E-state index in [0.717, 1.165) is 0 Å². The summed E-state index contributed by atoms with van der Waals surface area (Å²) in [5, 5.41) is 0. The molecule has 0 radical (unpaired) electrons. The third-order valence-corrected chi connectivity index (χ3v) is 7.79. The molecule has 0 saturated carbocycles. The van der Waals surface area contributed by atoms with E-state index < -0.39 is 25.9 Å². The van der Waals surface area contributed by atoms with Gasteiger partial charge >= 0.3 is 0 Å². The third-order valence-electron chi connectivity index (χ3n) is 4.12. The zero-order valence-electron chi connectivity index (χ0n) is 14.9. The molecule has 0 bridgehead atoms. The van der Waals surface area contributed by atoms with E-state index in [1.807, 2.05) is 13.8 Å². The summed E-state index contributed by atoms with van der Waals surface area (Å²) in [5.41, 5.74) is 0. The summed E-state index contributed by atoms with van der Waals surface area (Å²) in [5.74, 6) is 0.700. The highest BCUT2D eigenvalue weighted by molar-refractivity contribution is 7.92. The molecule has 0 aliphatic carbocycles. The Morgan fingerprint density at radius 2 is 1.84 bits per heavy atom. The van der Waals surface area contributed by atoms with Gasteiger partial charge in [0.15, 0.2) is 21.3 Å². The summed E-state index contributed by atoms with van der Waals surface area (Å²) in [4.78, 5) is 0.0649. The van der Waals surface area contributed by atoms with Crippen LogP contribution in [0.4, 0.5) is 0 Å². The Kier molecular flexibility index (Phi) is 6.01. The molecule has 1 aromatic carbocycles. The van der Waals surface area contributed by atoms with Crippen molar-refractivity contribution >= 4 is 19.9 Å². The van der Waals surface area contributed by atoms with Crippen LogP contribution < -0.4 is 9.47 Å². The molecule has 142 valence electrons. The Morgan fingerprint density at radius 1 is 1.20 bits per heavy atom. The Bertz CT molecular complexity index is 817. The molecular formula is C16H25NO6S2. The second-order valence-electron chi connectivity index (χ2n) is 6.54. The highest BCUT2D eigenvalue weighted by Gasteiger charge is 2.39. The maximum Gasteiger partial charge on any atom is 0.243 e. The Morgan fingerprint density at radius 3 is 2.32 bits per heavy atom. The normalized spacial score (nSPS) is 20.2. The van der Waals surface area contributed by atoms with E-state index in [9.17, 15) is 16.8 Å². The molecule has 1 aromatic rings. The Labute approximate surface area is 149 Å². The topological polar surface area (TPSA) is 90.0 Å². The number of rotatable bonds is 7. The SMILES string of the molecule is COc1ccc(S(=O)(=O)N(CC(C)C)[C@H]2CCS(=O)(=O)C2)cc1OC. The molecule has 1 atom stereocenters. The molecule has 1 heterocycles. The predicted molar refractivity (Wildman–Crippen MR) is 95.3 cm³/mol. The summed E-state index contributed by atoms with van der Waals surface area (Å²) in [6.45, 7) is 4.07. The van der Waals surface area contributed by atoms with Crippen molar-refractivity contribution < 1.29 is 26.3 Å². The fourth-order valence-corrected chi connectivity index (χ4v) is 6.58. The van der Waals surface area contributed by atoms with Gasteiger partial charge in [-0.05, 0) is 24.5 Å². The minimum Gasteiger partial charge on any atom is -0.493 e. The van der Waals surface area contributed by atoms with Gasteiger partial charge in [0.25, 0.3) is 0 Å². The molecule has 1 aliphatic heterocycles. The summed E-state index contributed by atoms with van der Waals surface area (Å²) in [6, 6.07) is 3.86. The molecular weight excluding hydrogens is 366 g/mol. The first-order valence-electron chi connectivity index (χ1n) is 8.05. The number of methoxy groups -OCH3 is 2. The summed E-state index contributed by atoms with van der Waals surface area (Å²) in [6.07, 6.45) is 0.321. The lowest BCUT2D eigenvalue weighted by Gasteiger charge is -2.29. The third kappa shape index (κ3) is 4.45. The van der Waals surface area contributed by atoms with E-state index >= 15 is 0 Å². The number of sulfone groups is 1. The van der Waals surface area contributed by atoms with E-state index in [0.29, 0.717) is 17.9 Å². The second-order valence-corrected chi connectivity index (χ2v) is 10.7. The molecule has 0 aromatic heterocycles. The zero-order valence-corrected chi connectivity index (χ0v) is 16.6. The Hall–Kier alpha value is -1.32. The van der Waals surface area contributed by atoms with E-state index in [1.165, 1.54) is 36.7 Å². The van der Waals surface area contributed by atoms with Crippen LogP contribution in [0.2, 0.25) is 0 Å². The average molecular weight is 392 g/mol. The van der Waals surface area contributed by atoms with Crippen molar-refractivity contribution in [1.29, 1.82) is 0 Å². The van der Waals surface area contributed by atoms with Gasteiger partial charge in [0.1, 0.15) is 0 Å². The van der Waals surface area contributed by atoms with Crippen molar-refractivity contribution in [2.75, 3.05) is 32.3 Å². The molecule has 0 N–H and O–H groups in total. The van der Waals surface area contributed by atoms with Crippen LogP contribution in [0, 0.1) is 5.92 Å². The van der Waals surface area contributed by atoms with Crippen LogP contribution >= 0.6 is 0 Å². The highest BCUT2D eigenvalue weighted by Crippen LogP contribution is 2.32. The first-order chi connectivity index (χ1) is 11.6. The molecule has 0 spiro atoms. The highest BCUT2D eigenvalue weighted by atomic mass is 32.2. The van der Waals surface area contributed by atoms with E-state index in [1.54, 1.807) is 0 Å².